The second-order valence-corrected chi connectivity index (χ2v) is 5.16. The van der Waals surface area contributed by atoms with Crippen molar-refractivity contribution >= 4 is 22.8 Å². The van der Waals surface area contributed by atoms with Crippen LogP contribution in [-0.2, 0) is 11.3 Å². The number of rotatable bonds is 5. The molecule has 1 unspecified atom stereocenters. The van der Waals surface area contributed by atoms with Crippen molar-refractivity contribution in [2.24, 2.45) is 0 Å². The Hall–Kier alpha value is -1.13. The van der Waals surface area contributed by atoms with E-state index >= 15 is 0 Å². The highest BCUT2D eigenvalue weighted by molar-refractivity contribution is 6.20. The molecule has 18 heavy (non-hydrogen) atoms. The first-order valence-corrected chi connectivity index (χ1v) is 6.60. The van der Waals surface area contributed by atoms with E-state index < -0.39 is 0 Å². The van der Waals surface area contributed by atoms with Crippen LogP contribution in [0.15, 0.2) is 18.3 Å². The minimum atomic E-state index is -0.141. The molecule has 4 nitrogen and oxygen atoms in total. The van der Waals surface area contributed by atoms with Crippen LogP contribution in [0, 0.1) is 0 Å². The van der Waals surface area contributed by atoms with Crippen molar-refractivity contribution in [3.63, 3.8) is 0 Å². The molecule has 98 valence electrons. The standard InChI is InChI=1S/C13H18ClN3O/c1-9(2)18-8-7-17-12(10(3)14)16-11-5-4-6-15-13(11)17/h4-6,9-10H,7-8H2,1-3H3. The van der Waals surface area contributed by atoms with Crippen LogP contribution in [0.1, 0.15) is 32.0 Å². The molecular formula is C13H18ClN3O. The van der Waals surface area contributed by atoms with Crippen LogP contribution in [0.4, 0.5) is 0 Å². The summed E-state index contributed by atoms with van der Waals surface area (Å²) in [5.74, 6) is 0.845. The highest BCUT2D eigenvalue weighted by atomic mass is 35.5. The minimum Gasteiger partial charge on any atom is -0.377 e. The van der Waals surface area contributed by atoms with Crippen LogP contribution >= 0.6 is 11.6 Å². The van der Waals surface area contributed by atoms with Crippen molar-refractivity contribution in [3.8, 4) is 0 Å². The van der Waals surface area contributed by atoms with E-state index in [-0.39, 0.29) is 11.5 Å². The van der Waals surface area contributed by atoms with Crippen LogP contribution in [-0.4, -0.2) is 27.2 Å². The van der Waals surface area contributed by atoms with Gasteiger partial charge in [0, 0.05) is 12.7 Å². The number of ether oxygens (including phenoxy) is 1. The summed E-state index contributed by atoms with van der Waals surface area (Å²) in [5, 5.41) is -0.141. The fourth-order valence-electron chi connectivity index (χ4n) is 1.88. The lowest BCUT2D eigenvalue weighted by Crippen LogP contribution is -2.13. The van der Waals surface area contributed by atoms with Gasteiger partial charge in [0.25, 0.3) is 0 Å². The Labute approximate surface area is 112 Å². The van der Waals surface area contributed by atoms with Crippen LogP contribution in [0.5, 0.6) is 0 Å². The molecule has 1 atom stereocenters. The molecule has 0 aliphatic rings. The van der Waals surface area contributed by atoms with Gasteiger partial charge in [-0.15, -0.1) is 11.6 Å². The van der Waals surface area contributed by atoms with Crippen LogP contribution in [0.25, 0.3) is 11.2 Å². The summed E-state index contributed by atoms with van der Waals surface area (Å²) in [6.07, 6.45) is 2.00. The Morgan fingerprint density at radius 3 is 2.83 bits per heavy atom. The highest BCUT2D eigenvalue weighted by Gasteiger charge is 2.15. The number of fused-ring (bicyclic) bond motifs is 1. The van der Waals surface area contributed by atoms with Crippen molar-refractivity contribution in [1.82, 2.24) is 14.5 Å². The summed E-state index contributed by atoms with van der Waals surface area (Å²) in [4.78, 5) is 8.89. The molecule has 0 aliphatic heterocycles. The van der Waals surface area contributed by atoms with Gasteiger partial charge in [-0.25, -0.2) is 9.97 Å². The van der Waals surface area contributed by atoms with Crippen molar-refractivity contribution in [1.29, 1.82) is 0 Å². The highest BCUT2D eigenvalue weighted by Crippen LogP contribution is 2.23. The number of nitrogens with zero attached hydrogens (tertiary/aromatic N) is 3. The molecular weight excluding hydrogens is 250 g/mol. The first-order valence-electron chi connectivity index (χ1n) is 6.16. The largest absolute Gasteiger partial charge is 0.377 e. The van der Waals surface area contributed by atoms with Gasteiger partial charge in [0.2, 0.25) is 0 Å². The van der Waals surface area contributed by atoms with Crippen molar-refractivity contribution < 1.29 is 4.74 Å². The zero-order chi connectivity index (χ0) is 13.1. The number of pyridine rings is 1. The quantitative estimate of drug-likeness (QED) is 0.782. The molecule has 0 spiro atoms. The number of imidazole rings is 1. The first-order chi connectivity index (χ1) is 8.59. The lowest BCUT2D eigenvalue weighted by atomic mass is 10.4. The summed E-state index contributed by atoms with van der Waals surface area (Å²) in [5.41, 5.74) is 1.75. The molecule has 0 saturated carbocycles. The number of alkyl halides is 1. The fraction of sp³-hybridized carbons (Fsp3) is 0.538. The summed E-state index contributed by atoms with van der Waals surface area (Å²) < 4.78 is 7.62. The van der Waals surface area contributed by atoms with Gasteiger partial charge in [-0.05, 0) is 32.9 Å². The van der Waals surface area contributed by atoms with E-state index in [1.807, 2.05) is 37.5 Å². The Morgan fingerprint density at radius 2 is 2.17 bits per heavy atom. The monoisotopic (exact) mass is 267 g/mol. The molecule has 0 radical (unpaired) electrons. The molecule has 0 aliphatic carbocycles. The number of hydrogen-bond acceptors (Lipinski definition) is 3. The van der Waals surface area contributed by atoms with E-state index in [0.29, 0.717) is 6.61 Å². The third-order valence-corrected chi connectivity index (χ3v) is 2.85. The summed E-state index contributed by atoms with van der Waals surface area (Å²) in [7, 11) is 0. The van der Waals surface area contributed by atoms with Crippen LogP contribution in [0.3, 0.4) is 0 Å². The molecule has 0 bridgehead atoms. The molecule has 2 heterocycles. The van der Waals surface area contributed by atoms with Gasteiger partial charge < -0.3 is 9.30 Å². The lowest BCUT2D eigenvalue weighted by Gasteiger charge is -2.11. The zero-order valence-electron chi connectivity index (χ0n) is 10.9. The average Bonchev–Trinajstić information content (AvgIpc) is 2.68. The van der Waals surface area contributed by atoms with E-state index in [1.165, 1.54) is 0 Å². The second kappa shape index (κ2) is 5.67. The van der Waals surface area contributed by atoms with Crippen LogP contribution < -0.4 is 0 Å². The van der Waals surface area contributed by atoms with Gasteiger partial charge >= 0.3 is 0 Å². The van der Waals surface area contributed by atoms with Gasteiger partial charge in [0.15, 0.2) is 5.65 Å². The van der Waals surface area contributed by atoms with E-state index in [9.17, 15) is 0 Å². The smallest absolute Gasteiger partial charge is 0.160 e. The predicted molar refractivity (Wildman–Crippen MR) is 72.9 cm³/mol. The maximum absolute atomic E-state index is 6.17. The zero-order valence-corrected chi connectivity index (χ0v) is 11.7. The van der Waals surface area contributed by atoms with Crippen molar-refractivity contribution in [3.05, 3.63) is 24.2 Å². The van der Waals surface area contributed by atoms with Crippen molar-refractivity contribution in [2.75, 3.05) is 6.61 Å². The van der Waals surface area contributed by atoms with Crippen LogP contribution in [0.2, 0.25) is 0 Å². The third-order valence-electron chi connectivity index (χ3n) is 2.66. The molecule has 0 fully saturated rings. The topological polar surface area (TPSA) is 39.9 Å². The maximum atomic E-state index is 6.17. The van der Waals surface area contributed by atoms with Gasteiger partial charge in [-0.1, -0.05) is 0 Å². The van der Waals surface area contributed by atoms with Gasteiger partial charge in [0.05, 0.1) is 18.1 Å². The summed E-state index contributed by atoms with van der Waals surface area (Å²) >= 11 is 6.17. The minimum absolute atomic E-state index is 0.141. The maximum Gasteiger partial charge on any atom is 0.160 e. The average molecular weight is 268 g/mol. The fourth-order valence-corrected chi connectivity index (χ4v) is 2.05. The molecule has 2 rings (SSSR count). The SMILES string of the molecule is CC(C)OCCn1c(C(C)Cl)nc2cccnc21. The second-order valence-electron chi connectivity index (χ2n) is 4.50. The molecule has 0 saturated heterocycles. The molecule has 0 N–H and O–H groups in total. The Morgan fingerprint density at radius 1 is 1.39 bits per heavy atom. The van der Waals surface area contributed by atoms with E-state index in [1.54, 1.807) is 6.20 Å². The van der Waals surface area contributed by atoms with E-state index in [0.717, 1.165) is 23.5 Å². The van der Waals surface area contributed by atoms with E-state index in [4.69, 9.17) is 16.3 Å². The van der Waals surface area contributed by atoms with Gasteiger partial charge in [-0.2, -0.15) is 0 Å². The van der Waals surface area contributed by atoms with Crippen molar-refractivity contribution in [2.45, 2.75) is 38.8 Å². The van der Waals surface area contributed by atoms with E-state index in [2.05, 4.69) is 9.97 Å². The number of aromatic nitrogens is 3. The normalized spacial score (nSPS) is 13.4. The van der Waals surface area contributed by atoms with Gasteiger partial charge in [-0.3, -0.25) is 0 Å². The lowest BCUT2D eigenvalue weighted by molar-refractivity contribution is 0.0728. The first kappa shape index (κ1) is 13.3. The summed E-state index contributed by atoms with van der Waals surface area (Å²) in [6, 6.07) is 3.83. The molecule has 0 aromatic carbocycles. The third kappa shape index (κ3) is 2.82. The Balaban J connectivity index is 2.30. The number of halogens is 1. The molecule has 2 aromatic rings. The predicted octanol–water partition coefficient (Wildman–Crippen LogP) is 3.16. The Bertz CT molecular complexity index is 522. The molecule has 5 heteroatoms. The Kier molecular flexibility index (Phi) is 4.19. The molecule has 0 amide bonds. The summed E-state index contributed by atoms with van der Waals surface area (Å²) in [6.45, 7) is 7.32. The van der Waals surface area contributed by atoms with Gasteiger partial charge in [0.1, 0.15) is 11.3 Å². The molecule has 2 aromatic heterocycles. The number of hydrogen-bond donors (Lipinski definition) is 0.